The van der Waals surface area contributed by atoms with Crippen molar-refractivity contribution >= 4 is 39.2 Å². The zero-order valence-electron chi connectivity index (χ0n) is 30.1. The van der Waals surface area contributed by atoms with Gasteiger partial charge in [-0.1, -0.05) is 71.0 Å². The number of carbonyl (C=O) groups is 4. The molecule has 2 aromatic carbocycles. The van der Waals surface area contributed by atoms with Crippen molar-refractivity contribution in [3.63, 3.8) is 0 Å². The molecule has 0 saturated heterocycles. The predicted octanol–water partition coefficient (Wildman–Crippen LogP) is 3.69. The molecule has 0 fully saturated rings. The summed E-state index contributed by atoms with van der Waals surface area (Å²) in [6, 6.07) is 10.8. The van der Waals surface area contributed by atoms with Crippen LogP contribution in [0.25, 0.3) is 0 Å². The van der Waals surface area contributed by atoms with Crippen LogP contribution in [0.1, 0.15) is 81.8 Å². The molecule has 0 radical (unpaired) electrons. The van der Waals surface area contributed by atoms with Crippen molar-refractivity contribution < 1.29 is 32.7 Å². The summed E-state index contributed by atoms with van der Waals surface area (Å²) in [6.07, 6.45) is 0.259. The van der Waals surface area contributed by atoms with Crippen LogP contribution in [-0.4, -0.2) is 73.4 Å². The molecule has 5 atom stereocenters. The van der Waals surface area contributed by atoms with Crippen LogP contribution in [0.5, 0.6) is 0 Å². The maximum atomic E-state index is 13.6. The zero-order chi connectivity index (χ0) is 37.6. The Labute approximate surface area is 295 Å². The van der Waals surface area contributed by atoms with Gasteiger partial charge in [0.2, 0.25) is 17.7 Å². The van der Waals surface area contributed by atoms with E-state index >= 15 is 0 Å². The summed E-state index contributed by atoms with van der Waals surface area (Å²) in [5.41, 5.74) is 1.37. The molecular formula is C36H53N5O8S. The highest BCUT2D eigenvalue weighted by Crippen LogP contribution is 2.22. The fourth-order valence-corrected chi connectivity index (χ4v) is 6.13. The van der Waals surface area contributed by atoms with Gasteiger partial charge in [0, 0.05) is 24.3 Å². The van der Waals surface area contributed by atoms with E-state index in [9.17, 15) is 37.6 Å². The van der Waals surface area contributed by atoms with Crippen LogP contribution in [0, 0.1) is 29.6 Å². The normalized spacial score (nSPS) is 14.6. The maximum absolute atomic E-state index is 13.6. The van der Waals surface area contributed by atoms with Gasteiger partial charge < -0.3 is 26.4 Å². The molecule has 0 aromatic heterocycles. The lowest BCUT2D eigenvalue weighted by atomic mass is 9.91. The topological polar surface area (TPSA) is 200 Å². The van der Waals surface area contributed by atoms with Gasteiger partial charge in [-0.05, 0) is 72.9 Å². The number of aliphatic hydroxyl groups excluding tert-OH is 1. The second-order valence-electron chi connectivity index (χ2n) is 13.8. The summed E-state index contributed by atoms with van der Waals surface area (Å²) in [6.45, 7) is 11.2. The smallest absolute Gasteiger partial charge is 0.252 e. The minimum absolute atomic E-state index is 0.00751. The van der Waals surface area contributed by atoms with E-state index in [0.717, 1.165) is 11.8 Å². The van der Waals surface area contributed by atoms with Gasteiger partial charge in [-0.15, -0.1) is 4.91 Å². The molecule has 13 nitrogen and oxygen atoms in total. The molecule has 5 N–H and O–H groups in total. The maximum Gasteiger partial charge on any atom is 0.252 e. The van der Waals surface area contributed by atoms with E-state index < -0.39 is 63.5 Å². The molecule has 0 bridgehead atoms. The van der Waals surface area contributed by atoms with Crippen LogP contribution in [0.2, 0.25) is 0 Å². The van der Waals surface area contributed by atoms with E-state index in [1.165, 1.54) is 25.1 Å². The third-order valence-electron chi connectivity index (χ3n) is 8.26. The van der Waals surface area contributed by atoms with E-state index in [1.54, 1.807) is 6.92 Å². The van der Waals surface area contributed by atoms with Crippen molar-refractivity contribution in [2.45, 2.75) is 98.0 Å². The summed E-state index contributed by atoms with van der Waals surface area (Å²) >= 11 is 0. The Kier molecular flexibility index (Phi) is 16.7. The number of hydrogen-bond acceptors (Lipinski definition) is 9. The van der Waals surface area contributed by atoms with Gasteiger partial charge >= 0.3 is 0 Å². The third-order valence-corrected chi connectivity index (χ3v) is 9.23. The Bertz CT molecular complexity index is 1570. The monoisotopic (exact) mass is 715 g/mol. The molecule has 0 aliphatic rings. The fraction of sp³-hybridized carbons (Fsp3) is 0.556. The number of sulfone groups is 1. The van der Waals surface area contributed by atoms with Gasteiger partial charge in [0.1, 0.15) is 27.6 Å². The van der Waals surface area contributed by atoms with Crippen LogP contribution in [-0.2, 0) is 30.8 Å². The van der Waals surface area contributed by atoms with Gasteiger partial charge in [-0.25, -0.2) is 8.42 Å². The lowest BCUT2D eigenvalue weighted by molar-refractivity contribution is -0.132. The predicted molar refractivity (Wildman–Crippen MR) is 193 cm³/mol. The number of nitrogens with one attached hydrogen (secondary N) is 4. The Morgan fingerprint density at radius 2 is 1.42 bits per heavy atom. The summed E-state index contributed by atoms with van der Waals surface area (Å²) in [5.74, 6) is -3.18. The molecule has 0 spiro atoms. The molecule has 2 aromatic rings. The summed E-state index contributed by atoms with van der Waals surface area (Å²) in [7, 11) is -3.51. The number of rotatable bonds is 20. The van der Waals surface area contributed by atoms with Crippen molar-refractivity contribution in [1.82, 2.24) is 21.3 Å². The average molecular weight is 716 g/mol. The van der Waals surface area contributed by atoms with Gasteiger partial charge in [0.15, 0.2) is 0 Å². The van der Waals surface area contributed by atoms with Crippen molar-refractivity contribution in [2.75, 3.05) is 12.0 Å². The fourth-order valence-electron chi connectivity index (χ4n) is 5.47. The van der Waals surface area contributed by atoms with Gasteiger partial charge in [-0.2, -0.15) is 0 Å². The van der Waals surface area contributed by atoms with Gasteiger partial charge in [-0.3, -0.25) is 19.2 Å². The largest absolute Gasteiger partial charge is 0.391 e. The third kappa shape index (κ3) is 14.4. The molecule has 0 saturated carbocycles. The summed E-state index contributed by atoms with van der Waals surface area (Å²) in [5, 5.41) is 25.3. The standard InChI is InChI=1S/C36H53N5O8S/c1-22(2)18-30(39-36(46)29(16-17-50(7,48)49)38-34(44)27-14-11-15-28(41-47)25(27)6)32(42)20-24(5)33(43)40-31(19-23(3)4)35(45)37-21-26-12-9-8-10-13-26/h8-15,22-24,29-32,42H,16-21H2,1-7H3,(H,37,45)(H,38,44)(H,39,46)(H,40,43)/t24-,29+,30+,31+,32+/m1/s1. The molecule has 14 heteroatoms. The summed E-state index contributed by atoms with van der Waals surface area (Å²) < 4.78 is 24.0. The van der Waals surface area contributed by atoms with Crippen LogP contribution in [0.4, 0.5) is 5.69 Å². The first kappa shape index (κ1) is 42.0. The first-order valence-corrected chi connectivity index (χ1v) is 19.0. The zero-order valence-corrected chi connectivity index (χ0v) is 30.9. The van der Waals surface area contributed by atoms with Crippen LogP contribution >= 0.6 is 0 Å². The van der Waals surface area contributed by atoms with E-state index in [4.69, 9.17) is 0 Å². The van der Waals surface area contributed by atoms with Crippen molar-refractivity contribution in [1.29, 1.82) is 0 Å². The van der Waals surface area contributed by atoms with Crippen molar-refractivity contribution in [3.8, 4) is 0 Å². The number of benzene rings is 2. The van der Waals surface area contributed by atoms with Crippen LogP contribution in [0.3, 0.4) is 0 Å². The number of carbonyl (C=O) groups excluding carboxylic acids is 4. The quantitative estimate of drug-likeness (QED) is 0.128. The average Bonchev–Trinajstić information content (AvgIpc) is 3.04. The Morgan fingerprint density at radius 1 is 0.780 bits per heavy atom. The SMILES string of the molecule is Cc1c(N=O)cccc1C(=O)N[C@@H](CCS(C)(=O)=O)C(=O)N[C@@H](CC(C)C)[C@@H](O)C[C@@H](C)C(=O)N[C@@H](CC(C)C)C(=O)NCc1ccccc1. The van der Waals surface area contributed by atoms with Crippen molar-refractivity contribution in [3.05, 3.63) is 70.1 Å². The number of nitrogens with zero attached hydrogens (tertiary/aromatic N) is 1. The van der Waals surface area contributed by atoms with E-state index in [1.807, 2.05) is 58.0 Å². The highest BCUT2D eigenvalue weighted by atomic mass is 32.2. The minimum atomic E-state index is -3.51. The molecule has 0 aliphatic heterocycles. The minimum Gasteiger partial charge on any atom is -0.391 e. The first-order chi connectivity index (χ1) is 23.4. The molecule has 0 aliphatic carbocycles. The first-order valence-electron chi connectivity index (χ1n) is 16.9. The second-order valence-corrected chi connectivity index (χ2v) is 16.1. The van der Waals surface area contributed by atoms with E-state index in [0.29, 0.717) is 24.9 Å². The molecule has 276 valence electrons. The Balaban J connectivity index is 2.18. The summed E-state index contributed by atoms with van der Waals surface area (Å²) in [4.78, 5) is 64.4. The number of hydrogen-bond donors (Lipinski definition) is 5. The molecule has 2 rings (SSSR count). The lowest BCUT2D eigenvalue weighted by Crippen LogP contribution is -2.54. The molecule has 50 heavy (non-hydrogen) atoms. The molecular weight excluding hydrogens is 662 g/mol. The second kappa shape index (κ2) is 19.9. The Hall–Kier alpha value is -4.17. The van der Waals surface area contributed by atoms with E-state index in [2.05, 4.69) is 26.4 Å². The van der Waals surface area contributed by atoms with Crippen LogP contribution in [0.15, 0.2) is 53.7 Å². The molecule has 4 amide bonds. The highest BCUT2D eigenvalue weighted by molar-refractivity contribution is 7.90. The number of nitroso groups, excluding NO2 is 1. The van der Waals surface area contributed by atoms with Gasteiger partial charge in [0.05, 0.1) is 17.9 Å². The number of amides is 4. The van der Waals surface area contributed by atoms with Crippen molar-refractivity contribution in [2.24, 2.45) is 22.9 Å². The van der Waals surface area contributed by atoms with E-state index in [-0.39, 0.29) is 41.8 Å². The molecule has 0 heterocycles. The van der Waals surface area contributed by atoms with Gasteiger partial charge in [0.25, 0.3) is 5.91 Å². The van der Waals surface area contributed by atoms with Crippen LogP contribution < -0.4 is 21.3 Å². The Morgan fingerprint density at radius 3 is 2.00 bits per heavy atom. The lowest BCUT2D eigenvalue weighted by Gasteiger charge is -2.30. The molecule has 0 unspecified atom stereocenters. The highest BCUT2D eigenvalue weighted by Gasteiger charge is 2.32. The number of aliphatic hydroxyl groups is 1.